The molecule has 0 bridgehead atoms. The molecule has 168 valence electrons. The Morgan fingerprint density at radius 1 is 1.16 bits per heavy atom. The van der Waals surface area contributed by atoms with Crippen molar-refractivity contribution in [3.8, 4) is 11.3 Å². The SMILES string of the molecule is Cc1onc(-c2cc(F)c3c(c2)CC2(C(=O)NC(=O)NC2=O)[C@H]2[C@H](C)O[C@H](C)CN32)c1C. The molecule has 0 unspecified atom stereocenters. The molecule has 9 nitrogen and oxygen atoms in total. The lowest BCUT2D eigenvalue weighted by atomic mass is 9.66. The molecule has 10 heteroatoms. The number of anilines is 1. The van der Waals surface area contributed by atoms with Gasteiger partial charge in [0.2, 0.25) is 11.8 Å². The minimum atomic E-state index is -1.65. The average Bonchev–Trinajstić information content (AvgIpc) is 3.03. The summed E-state index contributed by atoms with van der Waals surface area (Å²) >= 11 is 0. The maximum absolute atomic E-state index is 15.6. The molecule has 1 spiro atoms. The Morgan fingerprint density at radius 3 is 2.47 bits per heavy atom. The van der Waals surface area contributed by atoms with Gasteiger partial charge in [-0.05, 0) is 45.4 Å². The highest BCUT2D eigenvalue weighted by atomic mass is 19.1. The van der Waals surface area contributed by atoms with Crippen molar-refractivity contribution in [1.29, 1.82) is 0 Å². The van der Waals surface area contributed by atoms with Gasteiger partial charge in [0.15, 0.2) is 5.41 Å². The number of carbonyl (C=O) groups excluding carboxylic acids is 3. The first-order valence-electron chi connectivity index (χ1n) is 10.5. The van der Waals surface area contributed by atoms with Gasteiger partial charge in [0.05, 0.1) is 23.9 Å². The second-order valence-electron chi connectivity index (χ2n) is 8.81. The Bertz CT molecular complexity index is 1160. The number of nitrogens with one attached hydrogen (secondary N) is 2. The van der Waals surface area contributed by atoms with Gasteiger partial charge in [-0.1, -0.05) is 5.16 Å². The third-order valence-corrected chi connectivity index (χ3v) is 6.78. The quantitative estimate of drug-likeness (QED) is 0.649. The second-order valence-corrected chi connectivity index (χ2v) is 8.81. The zero-order chi connectivity index (χ0) is 22.9. The number of ether oxygens (including phenoxy) is 1. The fourth-order valence-corrected chi connectivity index (χ4v) is 5.36. The fourth-order valence-electron chi connectivity index (χ4n) is 5.36. The molecule has 1 aromatic carbocycles. The molecule has 0 radical (unpaired) electrons. The second kappa shape index (κ2) is 6.86. The zero-order valence-corrected chi connectivity index (χ0v) is 18.1. The summed E-state index contributed by atoms with van der Waals surface area (Å²) in [6.45, 7) is 7.49. The van der Waals surface area contributed by atoms with Crippen molar-refractivity contribution >= 4 is 23.5 Å². The van der Waals surface area contributed by atoms with Gasteiger partial charge in [0.25, 0.3) is 0 Å². The van der Waals surface area contributed by atoms with Crippen LogP contribution in [0, 0.1) is 25.1 Å². The molecule has 2 fully saturated rings. The summed E-state index contributed by atoms with van der Waals surface area (Å²) in [4.78, 5) is 39.9. The summed E-state index contributed by atoms with van der Waals surface area (Å²) in [7, 11) is 0. The number of aromatic nitrogens is 1. The molecule has 2 saturated heterocycles. The Balaban J connectivity index is 1.73. The van der Waals surface area contributed by atoms with Gasteiger partial charge in [0, 0.05) is 24.1 Å². The van der Waals surface area contributed by atoms with Crippen LogP contribution >= 0.6 is 0 Å². The molecule has 2 N–H and O–H groups in total. The Hall–Kier alpha value is -3.27. The number of rotatable bonds is 1. The molecule has 3 atom stereocenters. The highest BCUT2D eigenvalue weighted by molar-refractivity contribution is 6.20. The lowest BCUT2D eigenvalue weighted by molar-refractivity contribution is -0.153. The number of fused-ring (bicyclic) bond motifs is 4. The third kappa shape index (κ3) is 2.72. The number of nitrogens with zero attached hydrogens (tertiary/aromatic N) is 2. The number of urea groups is 1. The highest BCUT2D eigenvalue weighted by Gasteiger charge is 2.63. The number of hydrogen-bond donors (Lipinski definition) is 2. The van der Waals surface area contributed by atoms with Crippen LogP contribution in [-0.4, -0.2) is 47.8 Å². The number of imide groups is 2. The summed E-state index contributed by atoms with van der Waals surface area (Å²) in [5, 5.41) is 8.50. The smallest absolute Gasteiger partial charge is 0.328 e. The van der Waals surface area contributed by atoms with Crippen LogP contribution in [0.4, 0.5) is 14.9 Å². The Labute approximate surface area is 183 Å². The van der Waals surface area contributed by atoms with Crippen molar-refractivity contribution in [2.24, 2.45) is 5.41 Å². The van der Waals surface area contributed by atoms with E-state index in [4.69, 9.17) is 9.26 Å². The molecule has 4 amide bonds. The molecule has 32 heavy (non-hydrogen) atoms. The minimum Gasteiger partial charge on any atom is -0.372 e. The molecular weight excluding hydrogens is 419 g/mol. The lowest BCUT2D eigenvalue weighted by Gasteiger charge is -2.55. The van der Waals surface area contributed by atoms with Crippen molar-refractivity contribution in [1.82, 2.24) is 15.8 Å². The summed E-state index contributed by atoms with van der Waals surface area (Å²) in [6, 6.07) is 1.49. The van der Waals surface area contributed by atoms with Crippen molar-refractivity contribution in [2.45, 2.75) is 52.4 Å². The molecule has 0 aliphatic carbocycles. The van der Waals surface area contributed by atoms with E-state index in [0.717, 1.165) is 5.56 Å². The first-order valence-corrected chi connectivity index (χ1v) is 10.5. The molecular formula is C22H23FN4O5. The van der Waals surface area contributed by atoms with Crippen LogP contribution < -0.4 is 15.5 Å². The van der Waals surface area contributed by atoms with E-state index < -0.39 is 41.2 Å². The van der Waals surface area contributed by atoms with E-state index in [-0.39, 0.29) is 19.1 Å². The maximum Gasteiger partial charge on any atom is 0.328 e. The van der Waals surface area contributed by atoms with Crippen LogP contribution in [0.2, 0.25) is 0 Å². The minimum absolute atomic E-state index is 0.0861. The summed E-state index contributed by atoms with van der Waals surface area (Å²) in [5.41, 5.74) is 0.933. The molecule has 1 aromatic heterocycles. The number of barbiturate groups is 1. The number of morpholine rings is 1. The van der Waals surface area contributed by atoms with Gasteiger partial charge >= 0.3 is 6.03 Å². The van der Waals surface area contributed by atoms with E-state index in [1.165, 1.54) is 6.07 Å². The van der Waals surface area contributed by atoms with Crippen LogP contribution in [0.5, 0.6) is 0 Å². The molecule has 3 aliphatic heterocycles. The monoisotopic (exact) mass is 442 g/mol. The molecule has 0 saturated carbocycles. The zero-order valence-electron chi connectivity index (χ0n) is 18.1. The summed E-state index contributed by atoms with van der Waals surface area (Å²) in [5.74, 6) is -1.28. The summed E-state index contributed by atoms with van der Waals surface area (Å²) < 4.78 is 26.8. The molecule has 3 aliphatic rings. The van der Waals surface area contributed by atoms with E-state index in [2.05, 4.69) is 15.8 Å². The molecule has 5 rings (SSSR count). The van der Waals surface area contributed by atoms with E-state index in [0.29, 0.717) is 28.3 Å². The van der Waals surface area contributed by atoms with Crippen LogP contribution in [0.3, 0.4) is 0 Å². The van der Waals surface area contributed by atoms with Gasteiger partial charge < -0.3 is 14.2 Å². The van der Waals surface area contributed by atoms with Crippen LogP contribution in [0.25, 0.3) is 11.3 Å². The number of aryl methyl sites for hydroxylation is 1. The third-order valence-electron chi connectivity index (χ3n) is 6.78. The van der Waals surface area contributed by atoms with Crippen molar-refractivity contribution in [3.63, 3.8) is 0 Å². The van der Waals surface area contributed by atoms with E-state index in [9.17, 15) is 14.4 Å². The van der Waals surface area contributed by atoms with Crippen LogP contribution in [0.1, 0.15) is 30.7 Å². The predicted octanol–water partition coefficient (Wildman–Crippen LogP) is 1.99. The van der Waals surface area contributed by atoms with Gasteiger partial charge in [-0.25, -0.2) is 9.18 Å². The average molecular weight is 442 g/mol. The number of amides is 4. The number of benzene rings is 1. The van der Waals surface area contributed by atoms with Crippen molar-refractivity contribution in [2.75, 3.05) is 11.4 Å². The van der Waals surface area contributed by atoms with Gasteiger partial charge in [0.1, 0.15) is 17.3 Å². The lowest BCUT2D eigenvalue weighted by Crippen LogP contribution is -2.75. The summed E-state index contributed by atoms with van der Waals surface area (Å²) in [6.07, 6.45) is -0.895. The van der Waals surface area contributed by atoms with E-state index >= 15 is 4.39 Å². The first kappa shape index (κ1) is 20.6. The van der Waals surface area contributed by atoms with Gasteiger partial charge in [-0.2, -0.15) is 0 Å². The van der Waals surface area contributed by atoms with E-state index in [1.54, 1.807) is 24.8 Å². The Morgan fingerprint density at radius 2 is 1.84 bits per heavy atom. The standard InChI is InChI=1S/C22H23FN4O5/c1-9-8-27-17-14(5-13(6-15(17)23)16-10(2)11(3)32-26-16)7-22(18(27)12(4)31-9)19(28)24-21(30)25-20(22)29/h5-6,9,12,18H,7-8H2,1-4H3,(H2,24,25,28,29,30)/t9-,12+,18-/m1/s1. The number of carbonyl (C=O) groups is 3. The van der Waals surface area contributed by atoms with Crippen LogP contribution in [0.15, 0.2) is 16.7 Å². The molecule has 4 heterocycles. The highest BCUT2D eigenvalue weighted by Crippen LogP contribution is 2.48. The van der Waals surface area contributed by atoms with Gasteiger partial charge in [-0.15, -0.1) is 0 Å². The van der Waals surface area contributed by atoms with Gasteiger partial charge in [-0.3, -0.25) is 20.2 Å². The predicted molar refractivity (Wildman–Crippen MR) is 110 cm³/mol. The van der Waals surface area contributed by atoms with Crippen molar-refractivity contribution in [3.05, 3.63) is 34.8 Å². The Kier molecular flexibility index (Phi) is 4.42. The molecule has 2 aromatic rings. The number of hydrogen-bond acceptors (Lipinski definition) is 7. The first-order chi connectivity index (χ1) is 15.1. The fraction of sp³-hybridized carbons (Fsp3) is 0.455. The number of halogens is 1. The largest absolute Gasteiger partial charge is 0.372 e. The van der Waals surface area contributed by atoms with Crippen molar-refractivity contribution < 1.29 is 28.0 Å². The maximum atomic E-state index is 15.6. The van der Waals surface area contributed by atoms with E-state index in [1.807, 2.05) is 13.8 Å². The van der Waals surface area contributed by atoms with Crippen LogP contribution in [-0.2, 0) is 20.7 Å². The topological polar surface area (TPSA) is 114 Å². The normalized spacial score (nSPS) is 26.5.